The first-order chi connectivity index (χ1) is 10.8. The lowest BCUT2D eigenvalue weighted by Crippen LogP contribution is -2.36. The Morgan fingerprint density at radius 3 is 2.68 bits per heavy atom. The van der Waals surface area contributed by atoms with Gasteiger partial charge in [-0.05, 0) is 43.0 Å². The van der Waals surface area contributed by atoms with Gasteiger partial charge in [-0.1, -0.05) is 6.07 Å². The number of hydrogen-bond acceptors (Lipinski definition) is 5. The van der Waals surface area contributed by atoms with Crippen LogP contribution in [0.1, 0.15) is 18.5 Å². The van der Waals surface area contributed by atoms with Crippen LogP contribution in [0.5, 0.6) is 5.75 Å². The number of hydrogen-bond donors (Lipinski definition) is 0. The first-order valence-electron chi connectivity index (χ1n) is 7.50. The third kappa shape index (κ3) is 3.53. The van der Waals surface area contributed by atoms with Gasteiger partial charge in [0.25, 0.3) is 0 Å². The Morgan fingerprint density at radius 1 is 1.18 bits per heavy atom. The number of nitrogens with zero attached hydrogens (tertiary/aromatic N) is 4. The summed E-state index contributed by atoms with van der Waals surface area (Å²) in [5.41, 5.74) is 0.473. The van der Waals surface area contributed by atoms with E-state index in [9.17, 15) is 0 Å². The molecular weight excluding hydrogens is 276 g/mol. The van der Waals surface area contributed by atoms with Crippen molar-refractivity contribution >= 4 is 5.82 Å². The third-order valence-electron chi connectivity index (χ3n) is 3.92. The second kappa shape index (κ2) is 6.90. The number of ether oxygens (including phenoxy) is 1. The molecule has 0 N–H and O–H groups in total. The van der Waals surface area contributed by atoms with Crippen LogP contribution in [0.15, 0.2) is 42.7 Å². The molecule has 0 aromatic carbocycles. The van der Waals surface area contributed by atoms with E-state index in [-0.39, 0.29) is 0 Å². The van der Waals surface area contributed by atoms with Crippen molar-refractivity contribution in [1.82, 2.24) is 9.97 Å². The molecule has 1 saturated heterocycles. The fourth-order valence-electron chi connectivity index (χ4n) is 2.64. The molecule has 2 aromatic rings. The van der Waals surface area contributed by atoms with Crippen molar-refractivity contribution in [3.8, 4) is 11.8 Å². The first kappa shape index (κ1) is 14.3. The van der Waals surface area contributed by atoms with Crippen LogP contribution in [-0.2, 0) is 0 Å². The van der Waals surface area contributed by atoms with Crippen molar-refractivity contribution in [3.05, 3.63) is 48.4 Å². The number of pyridine rings is 2. The van der Waals surface area contributed by atoms with Crippen molar-refractivity contribution < 1.29 is 4.74 Å². The van der Waals surface area contributed by atoms with Gasteiger partial charge in [0.15, 0.2) is 0 Å². The molecule has 0 unspecified atom stereocenters. The smallest absolute Gasteiger partial charge is 0.142 e. The highest BCUT2D eigenvalue weighted by Gasteiger charge is 2.20. The summed E-state index contributed by atoms with van der Waals surface area (Å²) in [6.45, 7) is 2.64. The lowest BCUT2D eigenvalue weighted by atomic mass is 9.98. The van der Waals surface area contributed by atoms with Gasteiger partial charge in [-0.25, -0.2) is 4.98 Å². The monoisotopic (exact) mass is 294 g/mol. The normalized spacial score (nSPS) is 15.3. The van der Waals surface area contributed by atoms with E-state index in [0.717, 1.165) is 44.1 Å². The number of anilines is 1. The van der Waals surface area contributed by atoms with Crippen LogP contribution in [0.25, 0.3) is 0 Å². The largest absolute Gasteiger partial charge is 0.493 e. The molecule has 0 radical (unpaired) electrons. The van der Waals surface area contributed by atoms with E-state index < -0.39 is 0 Å². The van der Waals surface area contributed by atoms with Crippen LogP contribution in [-0.4, -0.2) is 29.7 Å². The van der Waals surface area contributed by atoms with Gasteiger partial charge in [0.05, 0.1) is 6.61 Å². The van der Waals surface area contributed by atoms with Gasteiger partial charge in [-0.3, -0.25) is 4.98 Å². The lowest BCUT2D eigenvalue weighted by molar-refractivity contribution is 0.222. The zero-order valence-electron chi connectivity index (χ0n) is 12.4. The fraction of sp³-hybridized carbons (Fsp3) is 0.353. The quantitative estimate of drug-likeness (QED) is 0.867. The zero-order chi connectivity index (χ0) is 15.2. The Kier molecular flexibility index (Phi) is 4.50. The molecule has 0 bridgehead atoms. The molecule has 2 aromatic heterocycles. The van der Waals surface area contributed by atoms with E-state index >= 15 is 0 Å². The molecule has 112 valence electrons. The molecule has 1 aliphatic rings. The van der Waals surface area contributed by atoms with Crippen LogP contribution >= 0.6 is 0 Å². The van der Waals surface area contributed by atoms with E-state index in [0.29, 0.717) is 11.6 Å². The number of piperidine rings is 1. The van der Waals surface area contributed by atoms with Crippen molar-refractivity contribution in [2.24, 2.45) is 5.92 Å². The summed E-state index contributed by atoms with van der Waals surface area (Å²) in [7, 11) is 0. The second-order valence-corrected chi connectivity index (χ2v) is 5.42. The van der Waals surface area contributed by atoms with Gasteiger partial charge >= 0.3 is 0 Å². The minimum absolute atomic E-state index is 0.473. The predicted octanol–water partition coefficient (Wildman–Crippen LogP) is 2.64. The van der Waals surface area contributed by atoms with E-state index in [4.69, 9.17) is 10.00 Å². The fourth-order valence-corrected chi connectivity index (χ4v) is 2.64. The average molecular weight is 294 g/mol. The minimum atomic E-state index is 0.473. The highest BCUT2D eigenvalue weighted by atomic mass is 16.5. The molecule has 3 heterocycles. The maximum atomic E-state index is 8.93. The number of aromatic nitrogens is 2. The summed E-state index contributed by atoms with van der Waals surface area (Å²) in [6, 6.07) is 11.4. The highest BCUT2D eigenvalue weighted by molar-refractivity contribution is 5.41. The van der Waals surface area contributed by atoms with Crippen LogP contribution in [0.2, 0.25) is 0 Å². The van der Waals surface area contributed by atoms with Crippen LogP contribution in [0, 0.1) is 17.2 Å². The molecule has 0 spiro atoms. The van der Waals surface area contributed by atoms with Gasteiger partial charge < -0.3 is 9.64 Å². The Labute approximate surface area is 130 Å². The predicted molar refractivity (Wildman–Crippen MR) is 83.6 cm³/mol. The zero-order valence-corrected chi connectivity index (χ0v) is 12.4. The maximum Gasteiger partial charge on any atom is 0.142 e. The Hall–Kier alpha value is -2.61. The summed E-state index contributed by atoms with van der Waals surface area (Å²) in [5.74, 6) is 2.33. The first-order valence-corrected chi connectivity index (χ1v) is 7.50. The minimum Gasteiger partial charge on any atom is -0.493 e. The molecule has 0 aliphatic carbocycles. The van der Waals surface area contributed by atoms with Crippen LogP contribution in [0.3, 0.4) is 0 Å². The van der Waals surface area contributed by atoms with Crippen molar-refractivity contribution in [3.63, 3.8) is 0 Å². The molecule has 5 nitrogen and oxygen atoms in total. The Bertz CT molecular complexity index is 645. The van der Waals surface area contributed by atoms with Crippen molar-refractivity contribution in [2.75, 3.05) is 24.6 Å². The summed E-state index contributed by atoms with van der Waals surface area (Å²) >= 11 is 0. The van der Waals surface area contributed by atoms with E-state index in [1.54, 1.807) is 18.5 Å². The number of nitriles is 1. The van der Waals surface area contributed by atoms with Gasteiger partial charge in [-0.2, -0.15) is 5.26 Å². The maximum absolute atomic E-state index is 8.93. The van der Waals surface area contributed by atoms with Crippen LogP contribution in [0.4, 0.5) is 5.82 Å². The number of rotatable bonds is 4. The lowest BCUT2D eigenvalue weighted by Gasteiger charge is -2.32. The summed E-state index contributed by atoms with van der Waals surface area (Å²) in [4.78, 5) is 10.6. The van der Waals surface area contributed by atoms with Crippen molar-refractivity contribution in [2.45, 2.75) is 12.8 Å². The molecule has 1 fully saturated rings. The molecule has 1 aliphatic heterocycles. The van der Waals surface area contributed by atoms with Gasteiger partial charge in [-0.15, -0.1) is 0 Å². The SMILES string of the molecule is N#Cc1cccc(N2CCC(COc3ccncc3)CC2)n1. The molecule has 0 amide bonds. The molecule has 5 heteroatoms. The highest BCUT2D eigenvalue weighted by Crippen LogP contribution is 2.23. The summed E-state index contributed by atoms with van der Waals surface area (Å²) in [6.07, 6.45) is 5.63. The Morgan fingerprint density at radius 2 is 1.95 bits per heavy atom. The topological polar surface area (TPSA) is 62.0 Å². The Balaban J connectivity index is 1.51. The van der Waals surface area contributed by atoms with Gasteiger partial charge in [0.1, 0.15) is 23.3 Å². The van der Waals surface area contributed by atoms with Crippen LogP contribution < -0.4 is 9.64 Å². The molecule has 22 heavy (non-hydrogen) atoms. The standard InChI is InChI=1S/C17H18N4O/c18-12-15-2-1-3-17(20-15)21-10-6-14(7-11-21)13-22-16-4-8-19-9-5-16/h1-5,8-9,14H,6-7,10-11,13H2. The summed E-state index contributed by atoms with van der Waals surface area (Å²) in [5, 5.41) is 8.93. The third-order valence-corrected chi connectivity index (χ3v) is 3.92. The summed E-state index contributed by atoms with van der Waals surface area (Å²) < 4.78 is 5.81. The molecule has 0 saturated carbocycles. The van der Waals surface area contributed by atoms with Gasteiger partial charge in [0.2, 0.25) is 0 Å². The van der Waals surface area contributed by atoms with E-state index in [1.807, 2.05) is 24.3 Å². The van der Waals surface area contributed by atoms with Crippen molar-refractivity contribution in [1.29, 1.82) is 5.26 Å². The van der Waals surface area contributed by atoms with E-state index in [1.165, 1.54) is 0 Å². The van der Waals surface area contributed by atoms with Gasteiger partial charge in [0, 0.05) is 25.5 Å². The molecule has 0 atom stereocenters. The molecular formula is C17H18N4O. The second-order valence-electron chi connectivity index (χ2n) is 5.42. The average Bonchev–Trinajstić information content (AvgIpc) is 2.61. The molecule has 3 rings (SSSR count). The van der Waals surface area contributed by atoms with E-state index in [2.05, 4.69) is 20.9 Å².